The van der Waals surface area contributed by atoms with E-state index in [1.54, 1.807) is 36.0 Å². The van der Waals surface area contributed by atoms with Gasteiger partial charge >= 0.3 is 0 Å². The molecule has 3 rings (SSSR count). The Hall–Kier alpha value is -1.52. The van der Waals surface area contributed by atoms with Crippen molar-refractivity contribution < 1.29 is 8.42 Å². The van der Waals surface area contributed by atoms with Crippen LogP contribution in [0.3, 0.4) is 0 Å². The highest BCUT2D eigenvalue weighted by Crippen LogP contribution is 2.43. The number of benzene rings is 2. The van der Waals surface area contributed by atoms with Gasteiger partial charge in [0.2, 0.25) is 0 Å². The third kappa shape index (κ3) is 3.60. The van der Waals surface area contributed by atoms with Crippen molar-refractivity contribution in [2.24, 2.45) is 0 Å². The first-order chi connectivity index (χ1) is 11.5. The molecule has 0 spiro atoms. The lowest BCUT2D eigenvalue weighted by Gasteiger charge is -2.13. The number of rotatable bonds is 4. The monoisotopic (exact) mass is 358 g/mol. The van der Waals surface area contributed by atoms with Crippen LogP contribution >= 0.6 is 11.8 Å². The number of hydrogen-bond donors (Lipinski definition) is 0. The topological polar surface area (TPSA) is 34.1 Å². The van der Waals surface area contributed by atoms with Gasteiger partial charge in [0.1, 0.15) is 0 Å². The van der Waals surface area contributed by atoms with E-state index in [-0.39, 0.29) is 10.5 Å². The Labute approximate surface area is 148 Å². The van der Waals surface area contributed by atoms with Gasteiger partial charge < -0.3 is 0 Å². The van der Waals surface area contributed by atoms with Gasteiger partial charge in [-0.1, -0.05) is 47.5 Å². The van der Waals surface area contributed by atoms with E-state index in [1.807, 2.05) is 24.3 Å². The quantitative estimate of drug-likeness (QED) is 0.711. The van der Waals surface area contributed by atoms with Crippen LogP contribution in [0.5, 0.6) is 0 Å². The van der Waals surface area contributed by atoms with Gasteiger partial charge in [-0.25, -0.2) is 8.42 Å². The summed E-state index contributed by atoms with van der Waals surface area (Å²) in [6.45, 7) is 4.18. The van der Waals surface area contributed by atoms with Crippen molar-refractivity contribution in [3.05, 3.63) is 71.8 Å². The molecular formula is C20H22O2S2. The smallest absolute Gasteiger partial charge is 0.181 e. The highest BCUT2D eigenvalue weighted by molar-refractivity contribution is 8.00. The van der Waals surface area contributed by atoms with Crippen LogP contribution in [0.4, 0.5) is 0 Å². The van der Waals surface area contributed by atoms with E-state index in [4.69, 9.17) is 0 Å². The third-order valence-electron chi connectivity index (χ3n) is 4.49. The summed E-state index contributed by atoms with van der Waals surface area (Å²) >= 11 is 1.78. The summed E-state index contributed by atoms with van der Waals surface area (Å²) in [5.74, 6) is 0. The molecule has 2 atom stereocenters. The van der Waals surface area contributed by atoms with E-state index in [0.717, 1.165) is 0 Å². The van der Waals surface area contributed by atoms with E-state index < -0.39 is 9.84 Å². The van der Waals surface area contributed by atoms with Crippen LogP contribution in [0.1, 0.15) is 26.7 Å². The fourth-order valence-electron chi connectivity index (χ4n) is 3.19. The van der Waals surface area contributed by atoms with E-state index in [0.29, 0.717) is 17.7 Å². The molecule has 0 N–H and O–H groups in total. The molecule has 2 aromatic rings. The maximum Gasteiger partial charge on any atom is 0.181 e. The molecule has 1 aliphatic carbocycles. The second kappa shape index (κ2) is 7.16. The summed E-state index contributed by atoms with van der Waals surface area (Å²) < 4.78 is 25.9. The molecule has 24 heavy (non-hydrogen) atoms. The lowest BCUT2D eigenvalue weighted by atomic mass is 10.1. The Bertz CT molecular complexity index is 820. The standard InChI is InChI=1S/C20H22O2S2/c1-15(2)19-13-18(24(21,22)17-11-7-4-8-12-17)14-20(19)23-16-9-5-3-6-10-16/h3-12,18,20H,13-14H2,1-2H3. The van der Waals surface area contributed by atoms with Crippen molar-refractivity contribution >= 4 is 21.6 Å². The highest BCUT2D eigenvalue weighted by Gasteiger charge is 2.39. The van der Waals surface area contributed by atoms with Crippen LogP contribution in [0, 0.1) is 0 Å². The summed E-state index contributed by atoms with van der Waals surface area (Å²) in [5, 5.41) is -0.0908. The normalized spacial score (nSPS) is 21.0. The Morgan fingerprint density at radius 1 is 0.958 bits per heavy atom. The average Bonchev–Trinajstić information content (AvgIpc) is 3.01. The molecule has 0 amide bonds. The second-order valence-corrected chi connectivity index (χ2v) is 9.87. The molecule has 126 valence electrons. The van der Waals surface area contributed by atoms with Gasteiger partial charge in [-0.2, -0.15) is 0 Å². The average molecular weight is 359 g/mol. The third-order valence-corrected chi connectivity index (χ3v) is 7.96. The molecule has 2 unspecified atom stereocenters. The van der Waals surface area contributed by atoms with E-state index in [1.165, 1.54) is 16.0 Å². The predicted molar refractivity (Wildman–Crippen MR) is 101 cm³/mol. The van der Waals surface area contributed by atoms with Gasteiger partial charge in [0.05, 0.1) is 10.1 Å². The molecule has 2 aromatic carbocycles. The lowest BCUT2D eigenvalue weighted by Crippen LogP contribution is -2.18. The van der Waals surface area contributed by atoms with E-state index in [9.17, 15) is 8.42 Å². The molecule has 0 saturated heterocycles. The molecule has 4 heteroatoms. The minimum atomic E-state index is -3.28. The Kier molecular flexibility index (Phi) is 5.16. The van der Waals surface area contributed by atoms with Crippen molar-refractivity contribution in [2.45, 2.75) is 47.0 Å². The summed E-state index contributed by atoms with van der Waals surface area (Å²) in [7, 11) is -3.28. The maximum absolute atomic E-state index is 13.0. The van der Waals surface area contributed by atoms with Crippen LogP contribution in [0.15, 0.2) is 81.6 Å². The SMILES string of the molecule is CC(C)=C1CC(S(=O)(=O)c2ccccc2)CC1Sc1ccccc1. The first-order valence-electron chi connectivity index (χ1n) is 8.15. The zero-order valence-electron chi connectivity index (χ0n) is 14.0. The van der Waals surface area contributed by atoms with Crippen molar-refractivity contribution in [3.8, 4) is 0 Å². The zero-order valence-corrected chi connectivity index (χ0v) is 15.6. The first-order valence-corrected chi connectivity index (χ1v) is 10.6. The van der Waals surface area contributed by atoms with Crippen LogP contribution in [0.25, 0.3) is 0 Å². The van der Waals surface area contributed by atoms with Crippen molar-refractivity contribution in [2.75, 3.05) is 0 Å². The Morgan fingerprint density at radius 3 is 2.12 bits per heavy atom. The number of allylic oxidation sites excluding steroid dienone is 1. The summed E-state index contributed by atoms with van der Waals surface area (Å²) in [6, 6.07) is 19.1. The Morgan fingerprint density at radius 2 is 1.54 bits per heavy atom. The van der Waals surface area contributed by atoms with Crippen molar-refractivity contribution in [1.29, 1.82) is 0 Å². The predicted octanol–water partition coefficient (Wildman–Crippen LogP) is 5.12. The summed E-state index contributed by atoms with van der Waals surface area (Å²) in [5.41, 5.74) is 2.53. The minimum Gasteiger partial charge on any atom is -0.223 e. The fourth-order valence-corrected chi connectivity index (χ4v) is 6.52. The highest BCUT2D eigenvalue weighted by atomic mass is 32.2. The lowest BCUT2D eigenvalue weighted by molar-refractivity contribution is 0.580. The molecule has 1 saturated carbocycles. The van der Waals surface area contributed by atoms with Gasteiger partial charge in [-0.05, 0) is 51.0 Å². The summed E-state index contributed by atoms with van der Waals surface area (Å²) in [4.78, 5) is 1.63. The van der Waals surface area contributed by atoms with Crippen molar-refractivity contribution in [3.63, 3.8) is 0 Å². The molecule has 0 heterocycles. The molecule has 0 bridgehead atoms. The fraction of sp³-hybridized carbons (Fsp3) is 0.300. The second-order valence-electron chi connectivity index (χ2n) is 6.36. The van der Waals surface area contributed by atoms with E-state index >= 15 is 0 Å². The van der Waals surface area contributed by atoms with Gasteiger partial charge in [0.15, 0.2) is 9.84 Å². The first kappa shape index (κ1) is 17.3. The molecule has 2 nitrogen and oxygen atoms in total. The molecule has 1 fully saturated rings. The number of thioether (sulfide) groups is 1. The van der Waals surface area contributed by atoms with Crippen LogP contribution < -0.4 is 0 Å². The number of hydrogen-bond acceptors (Lipinski definition) is 3. The molecule has 1 aliphatic rings. The van der Waals surface area contributed by atoms with Gasteiger partial charge in [-0.15, -0.1) is 11.8 Å². The summed E-state index contributed by atoms with van der Waals surface area (Å²) in [6.07, 6.45) is 1.32. The Balaban J connectivity index is 1.87. The zero-order chi connectivity index (χ0) is 17.2. The van der Waals surface area contributed by atoms with Crippen molar-refractivity contribution in [1.82, 2.24) is 0 Å². The van der Waals surface area contributed by atoms with Crippen LogP contribution in [-0.4, -0.2) is 18.9 Å². The van der Waals surface area contributed by atoms with Crippen LogP contribution in [-0.2, 0) is 9.84 Å². The molecule has 0 aromatic heterocycles. The van der Waals surface area contributed by atoms with E-state index in [2.05, 4.69) is 26.0 Å². The van der Waals surface area contributed by atoms with Gasteiger partial charge in [0, 0.05) is 10.1 Å². The molecule has 0 aliphatic heterocycles. The maximum atomic E-state index is 13.0. The molecular weight excluding hydrogens is 336 g/mol. The minimum absolute atomic E-state index is 0.237. The number of sulfone groups is 1. The van der Waals surface area contributed by atoms with Gasteiger partial charge in [-0.3, -0.25) is 0 Å². The van der Waals surface area contributed by atoms with Crippen LogP contribution in [0.2, 0.25) is 0 Å². The van der Waals surface area contributed by atoms with Gasteiger partial charge in [0.25, 0.3) is 0 Å². The molecule has 0 radical (unpaired) electrons. The largest absolute Gasteiger partial charge is 0.223 e.